The highest BCUT2D eigenvalue weighted by molar-refractivity contribution is 9.10. The Morgan fingerprint density at radius 1 is 1.47 bits per heavy atom. The number of benzene rings is 1. The van der Waals surface area contributed by atoms with Gasteiger partial charge in [0.25, 0.3) is 12.1 Å². The lowest BCUT2D eigenvalue weighted by atomic mass is 10.0. The minimum atomic E-state index is -2.93. The molecule has 0 aliphatic heterocycles. The van der Waals surface area contributed by atoms with Crippen molar-refractivity contribution in [1.29, 1.82) is 0 Å². The second kappa shape index (κ2) is 5.31. The van der Waals surface area contributed by atoms with Crippen molar-refractivity contribution in [2.75, 3.05) is 0 Å². The van der Waals surface area contributed by atoms with Crippen molar-refractivity contribution in [3.8, 4) is 0 Å². The number of Topliss-reactive ketones (excluding diaryl/α,β-unsaturated/α-hetero) is 1. The molecular formula is C10H8BrF2NO3. The first kappa shape index (κ1) is 13.7. The van der Waals surface area contributed by atoms with Crippen molar-refractivity contribution in [1.82, 2.24) is 0 Å². The third-order valence-corrected chi connectivity index (χ3v) is 2.52. The number of halogens is 3. The number of non-ortho nitro benzene ring substituents is 1. The van der Waals surface area contributed by atoms with Gasteiger partial charge in [0.1, 0.15) is 0 Å². The first-order valence-electron chi connectivity index (χ1n) is 4.59. The molecule has 0 aliphatic rings. The molecule has 7 heteroatoms. The zero-order valence-corrected chi connectivity index (χ0v) is 10.3. The molecule has 0 saturated carbocycles. The van der Waals surface area contributed by atoms with Crippen molar-refractivity contribution in [2.24, 2.45) is 0 Å². The van der Waals surface area contributed by atoms with E-state index in [1.165, 1.54) is 6.92 Å². The summed E-state index contributed by atoms with van der Waals surface area (Å²) < 4.78 is 25.4. The largest absolute Gasteiger partial charge is 0.293 e. The van der Waals surface area contributed by atoms with Gasteiger partial charge in [0.05, 0.1) is 9.75 Å². The molecule has 0 aliphatic carbocycles. The van der Waals surface area contributed by atoms with Gasteiger partial charge in [-0.05, 0) is 13.0 Å². The van der Waals surface area contributed by atoms with Gasteiger partial charge in [0.15, 0.2) is 5.78 Å². The predicted octanol–water partition coefficient (Wildman–Crippen LogP) is 3.50. The zero-order valence-electron chi connectivity index (χ0n) is 8.69. The average Bonchev–Trinajstić information content (AvgIpc) is 2.26. The van der Waals surface area contributed by atoms with E-state index >= 15 is 0 Å². The number of nitro groups is 1. The van der Waals surface area contributed by atoms with Crippen LogP contribution in [-0.2, 0) is 0 Å². The van der Waals surface area contributed by atoms with Crippen LogP contribution in [0.5, 0.6) is 0 Å². The number of hydrogen-bond donors (Lipinski definition) is 0. The smallest absolute Gasteiger partial charge is 0.269 e. The third-order valence-electron chi connectivity index (χ3n) is 2.11. The van der Waals surface area contributed by atoms with Crippen LogP contribution in [0.15, 0.2) is 18.2 Å². The van der Waals surface area contributed by atoms with E-state index in [2.05, 4.69) is 15.9 Å². The maximum absolute atomic E-state index is 12.7. The molecule has 1 atom stereocenters. The second-order valence-corrected chi connectivity index (χ2v) is 4.68. The van der Waals surface area contributed by atoms with Gasteiger partial charge in [-0.15, -0.1) is 0 Å². The molecule has 0 N–H and O–H groups in total. The van der Waals surface area contributed by atoms with Crippen molar-refractivity contribution in [2.45, 2.75) is 18.2 Å². The van der Waals surface area contributed by atoms with Crippen molar-refractivity contribution in [3.63, 3.8) is 0 Å². The molecule has 1 aromatic rings. The van der Waals surface area contributed by atoms with E-state index in [1.54, 1.807) is 0 Å². The highest BCUT2D eigenvalue weighted by atomic mass is 79.9. The van der Waals surface area contributed by atoms with E-state index in [0.29, 0.717) is 0 Å². The molecule has 0 aromatic heterocycles. The number of alkyl halides is 3. The van der Waals surface area contributed by atoms with Gasteiger partial charge >= 0.3 is 0 Å². The molecule has 1 rings (SSSR count). The van der Waals surface area contributed by atoms with Crippen LogP contribution in [0.2, 0.25) is 0 Å². The summed E-state index contributed by atoms with van der Waals surface area (Å²) in [6.45, 7) is 1.50. The first-order valence-corrected chi connectivity index (χ1v) is 5.51. The van der Waals surface area contributed by atoms with Gasteiger partial charge in [0, 0.05) is 23.3 Å². The van der Waals surface area contributed by atoms with Crippen LogP contribution < -0.4 is 0 Å². The van der Waals surface area contributed by atoms with E-state index < -0.39 is 33.2 Å². The summed E-state index contributed by atoms with van der Waals surface area (Å²) in [7, 11) is 0. The van der Waals surface area contributed by atoms with Crippen LogP contribution in [0, 0.1) is 10.1 Å². The topological polar surface area (TPSA) is 60.2 Å². The molecule has 0 radical (unpaired) electrons. The van der Waals surface area contributed by atoms with E-state index in [4.69, 9.17) is 0 Å². The summed E-state index contributed by atoms with van der Waals surface area (Å²) >= 11 is 2.98. The lowest BCUT2D eigenvalue weighted by Crippen LogP contribution is -2.13. The molecule has 0 heterocycles. The standard InChI is InChI=1S/C10H8BrF2NO3/c1-5(11)9(15)7-3-2-6(14(16)17)4-8(7)10(12)13/h2-5,10H,1H3. The third kappa shape index (κ3) is 3.06. The van der Waals surface area contributed by atoms with Crippen LogP contribution in [0.25, 0.3) is 0 Å². The highest BCUT2D eigenvalue weighted by Crippen LogP contribution is 2.28. The lowest BCUT2D eigenvalue weighted by molar-refractivity contribution is -0.385. The number of carbonyl (C=O) groups is 1. The van der Waals surface area contributed by atoms with Gasteiger partial charge in [-0.1, -0.05) is 15.9 Å². The molecule has 0 saturated heterocycles. The van der Waals surface area contributed by atoms with Crippen LogP contribution in [0.1, 0.15) is 29.3 Å². The predicted molar refractivity (Wildman–Crippen MR) is 60.8 cm³/mol. The quantitative estimate of drug-likeness (QED) is 0.370. The fourth-order valence-electron chi connectivity index (χ4n) is 1.28. The van der Waals surface area contributed by atoms with Crippen molar-refractivity contribution >= 4 is 27.4 Å². The highest BCUT2D eigenvalue weighted by Gasteiger charge is 2.23. The van der Waals surface area contributed by atoms with E-state index in [9.17, 15) is 23.7 Å². The number of hydrogen-bond acceptors (Lipinski definition) is 3. The number of carbonyl (C=O) groups excluding carboxylic acids is 1. The van der Waals surface area contributed by atoms with Gasteiger partial charge in [-0.3, -0.25) is 14.9 Å². The number of rotatable bonds is 4. The molecule has 0 fully saturated rings. The van der Waals surface area contributed by atoms with Crippen molar-refractivity contribution in [3.05, 3.63) is 39.4 Å². The maximum Gasteiger partial charge on any atom is 0.269 e. The minimum Gasteiger partial charge on any atom is -0.293 e. The Labute approximate surface area is 104 Å². The molecule has 0 bridgehead atoms. The Kier molecular flexibility index (Phi) is 4.28. The molecule has 4 nitrogen and oxygen atoms in total. The SMILES string of the molecule is CC(Br)C(=O)c1ccc([N+](=O)[O-])cc1C(F)F. The molecule has 0 amide bonds. The Balaban J connectivity index is 3.32. The number of ketones is 1. The Hall–Kier alpha value is -1.37. The molecule has 92 valence electrons. The van der Waals surface area contributed by atoms with E-state index in [1.807, 2.05) is 0 Å². The van der Waals surface area contributed by atoms with Gasteiger partial charge in [0.2, 0.25) is 0 Å². The van der Waals surface area contributed by atoms with E-state index in [0.717, 1.165) is 18.2 Å². The normalized spacial score (nSPS) is 12.5. The lowest BCUT2D eigenvalue weighted by Gasteiger charge is -2.09. The van der Waals surface area contributed by atoms with Crippen LogP contribution in [-0.4, -0.2) is 15.5 Å². The van der Waals surface area contributed by atoms with Gasteiger partial charge in [-0.25, -0.2) is 8.78 Å². The fourth-order valence-corrected chi connectivity index (χ4v) is 1.53. The van der Waals surface area contributed by atoms with Crippen LogP contribution in [0.4, 0.5) is 14.5 Å². The second-order valence-electron chi connectivity index (χ2n) is 3.31. The fraction of sp³-hybridized carbons (Fsp3) is 0.300. The molecular weight excluding hydrogens is 300 g/mol. The monoisotopic (exact) mass is 307 g/mol. The Morgan fingerprint density at radius 3 is 2.47 bits per heavy atom. The van der Waals surface area contributed by atoms with Gasteiger partial charge < -0.3 is 0 Å². The van der Waals surface area contributed by atoms with Crippen LogP contribution >= 0.6 is 15.9 Å². The molecule has 1 unspecified atom stereocenters. The summed E-state index contributed by atoms with van der Waals surface area (Å²) in [6.07, 6.45) is -2.93. The minimum absolute atomic E-state index is 0.199. The van der Waals surface area contributed by atoms with E-state index in [-0.39, 0.29) is 5.56 Å². The van der Waals surface area contributed by atoms with Gasteiger partial charge in [-0.2, -0.15) is 0 Å². The summed E-state index contributed by atoms with van der Waals surface area (Å²) in [4.78, 5) is 20.7. The molecule has 0 spiro atoms. The molecule has 1 aromatic carbocycles. The Bertz CT molecular complexity index is 463. The van der Waals surface area contributed by atoms with Crippen LogP contribution in [0.3, 0.4) is 0 Å². The average molecular weight is 308 g/mol. The summed E-state index contributed by atoms with van der Waals surface area (Å²) in [5, 5.41) is 10.5. The number of nitrogens with zero attached hydrogens (tertiary/aromatic N) is 1. The summed E-state index contributed by atoms with van der Waals surface area (Å²) in [6, 6.07) is 2.82. The Morgan fingerprint density at radius 2 is 2.06 bits per heavy atom. The zero-order chi connectivity index (χ0) is 13.2. The van der Waals surface area contributed by atoms with Crippen molar-refractivity contribution < 1.29 is 18.5 Å². The summed E-state index contributed by atoms with van der Waals surface area (Å²) in [5.41, 5.74) is -1.27. The molecule has 17 heavy (non-hydrogen) atoms. The maximum atomic E-state index is 12.7. The summed E-state index contributed by atoms with van der Waals surface area (Å²) in [5.74, 6) is -0.532. The first-order chi connectivity index (χ1) is 7.84. The number of nitro benzene ring substituents is 1.